The van der Waals surface area contributed by atoms with E-state index in [2.05, 4.69) is 131 Å². The number of benzene rings is 4. The van der Waals surface area contributed by atoms with Crippen LogP contribution in [0.25, 0.3) is 44.4 Å². The van der Waals surface area contributed by atoms with Gasteiger partial charge in [0.15, 0.2) is 0 Å². The van der Waals surface area contributed by atoms with Gasteiger partial charge in [-0.25, -0.2) is 4.98 Å². The Balaban J connectivity index is 0.00000357. The van der Waals surface area contributed by atoms with Crippen LogP contribution < -0.4 is 9.30 Å². The van der Waals surface area contributed by atoms with Crippen molar-refractivity contribution in [1.82, 2.24) is 9.55 Å². The normalized spacial score (nSPS) is 11.8. The van der Waals surface area contributed by atoms with Gasteiger partial charge in [0.1, 0.15) is 11.3 Å². The standard InChI is InChI=1S/C39H35N3O2.Pt/c1-24(2)27-11-14-38-37(19-27)41(23-43-38)30-17-29(26(5)6)18-32(21-30)44-31-12-13-34-33-9-7-8-10-35(33)42(36(34)22-31)39-20-28(25(3)4)15-16-40-39;/h7-20,24-26H,1-6H3;/q-2;. The summed E-state index contributed by atoms with van der Waals surface area (Å²) in [4.78, 5) is 4.77. The van der Waals surface area contributed by atoms with E-state index in [9.17, 15) is 0 Å². The Morgan fingerprint density at radius 2 is 1.49 bits per heavy atom. The first kappa shape index (κ1) is 30.8. The first-order chi connectivity index (χ1) is 21.3. The fourth-order valence-electron chi connectivity index (χ4n) is 5.74. The van der Waals surface area contributed by atoms with Crippen LogP contribution in [0.1, 0.15) is 76.0 Å². The van der Waals surface area contributed by atoms with Gasteiger partial charge in [-0.15, -0.1) is 35.7 Å². The topological polar surface area (TPSA) is 44.1 Å². The number of rotatable bonds is 7. The fraction of sp³-hybridized carbons (Fsp3) is 0.231. The van der Waals surface area contributed by atoms with Crippen LogP contribution >= 0.6 is 0 Å². The molecule has 0 radical (unpaired) electrons. The minimum atomic E-state index is 0. The monoisotopic (exact) mass is 772 g/mol. The first-order valence-electron chi connectivity index (χ1n) is 15.3. The predicted molar refractivity (Wildman–Crippen MR) is 175 cm³/mol. The molecule has 0 saturated heterocycles. The van der Waals surface area contributed by atoms with Gasteiger partial charge in [0.2, 0.25) is 0 Å². The van der Waals surface area contributed by atoms with Crippen LogP contribution in [0.4, 0.5) is 0 Å². The summed E-state index contributed by atoms with van der Waals surface area (Å²) in [6.45, 7) is 13.1. The molecule has 0 bridgehead atoms. The quantitative estimate of drug-likeness (QED) is 0.120. The maximum Gasteiger partial charge on any atom is 0.355 e. The Labute approximate surface area is 278 Å². The molecule has 0 amide bonds. The van der Waals surface area contributed by atoms with Gasteiger partial charge >= 0.3 is 6.39 Å². The third-order valence-electron chi connectivity index (χ3n) is 8.34. The van der Waals surface area contributed by atoms with Crippen molar-refractivity contribution in [3.63, 3.8) is 0 Å². The number of nitrogens with zero attached hydrogens (tertiary/aromatic N) is 3. The second-order valence-electron chi connectivity index (χ2n) is 12.4. The Bertz CT molecular complexity index is 2160. The van der Waals surface area contributed by atoms with E-state index in [0.29, 0.717) is 23.3 Å². The largest absolute Gasteiger partial charge is 0.510 e. The Morgan fingerprint density at radius 3 is 2.27 bits per heavy atom. The van der Waals surface area contributed by atoms with E-state index in [1.54, 1.807) is 0 Å². The molecule has 45 heavy (non-hydrogen) atoms. The SMILES string of the molecule is CC(C)c1cc(Oc2[c-]c3c(cc2)c2ccccc2n3-c2cc(C(C)C)ccn2)[c-]c(-[n+]2[c-]oc3ccc(C(C)C)cc32)c1.[Pt]. The van der Waals surface area contributed by atoms with Gasteiger partial charge < -0.3 is 13.7 Å². The molecule has 0 aliphatic rings. The third-order valence-corrected chi connectivity index (χ3v) is 8.34. The van der Waals surface area contributed by atoms with Crippen LogP contribution in [0, 0.1) is 18.5 Å². The molecule has 0 unspecified atom stereocenters. The molecule has 0 aliphatic heterocycles. The molecule has 5 nitrogen and oxygen atoms in total. The number of hydrogen-bond acceptors (Lipinski definition) is 3. The van der Waals surface area contributed by atoms with Crippen molar-refractivity contribution in [1.29, 1.82) is 0 Å². The van der Waals surface area contributed by atoms with Crippen LogP contribution in [-0.4, -0.2) is 9.55 Å². The Morgan fingerprint density at radius 1 is 0.733 bits per heavy atom. The summed E-state index contributed by atoms with van der Waals surface area (Å²) >= 11 is 0. The van der Waals surface area contributed by atoms with Gasteiger partial charge in [-0.3, -0.25) is 4.57 Å². The Hall–Kier alpha value is -4.21. The number of para-hydroxylation sites is 1. The van der Waals surface area contributed by atoms with E-state index in [4.69, 9.17) is 14.1 Å². The van der Waals surface area contributed by atoms with Crippen LogP contribution in [0.3, 0.4) is 0 Å². The fourth-order valence-corrected chi connectivity index (χ4v) is 5.74. The minimum absolute atomic E-state index is 0. The minimum Gasteiger partial charge on any atom is -0.510 e. The molecule has 0 N–H and O–H groups in total. The van der Waals surface area contributed by atoms with Gasteiger partial charge in [0, 0.05) is 50.0 Å². The second-order valence-corrected chi connectivity index (χ2v) is 12.4. The van der Waals surface area contributed by atoms with E-state index in [1.165, 1.54) is 11.1 Å². The first-order valence-corrected chi connectivity index (χ1v) is 15.3. The molecule has 0 spiro atoms. The van der Waals surface area contributed by atoms with E-state index in [-0.39, 0.29) is 27.0 Å². The van der Waals surface area contributed by atoms with E-state index in [1.807, 2.05) is 22.9 Å². The van der Waals surface area contributed by atoms with Crippen molar-refractivity contribution in [2.75, 3.05) is 0 Å². The van der Waals surface area contributed by atoms with Crippen molar-refractivity contribution >= 4 is 32.9 Å². The number of oxazole rings is 1. The molecule has 230 valence electrons. The number of pyridine rings is 1. The van der Waals surface area contributed by atoms with Gasteiger partial charge in [-0.1, -0.05) is 77.4 Å². The maximum atomic E-state index is 6.54. The zero-order chi connectivity index (χ0) is 30.5. The summed E-state index contributed by atoms with van der Waals surface area (Å²) in [6, 6.07) is 34.3. The molecule has 7 rings (SSSR count). The molecule has 4 aromatic carbocycles. The summed E-state index contributed by atoms with van der Waals surface area (Å²) in [7, 11) is 0. The average Bonchev–Trinajstić information content (AvgIpc) is 3.59. The van der Waals surface area contributed by atoms with E-state index >= 15 is 0 Å². The van der Waals surface area contributed by atoms with Crippen molar-refractivity contribution in [3.05, 3.63) is 120 Å². The van der Waals surface area contributed by atoms with Gasteiger partial charge in [0.05, 0.1) is 5.58 Å². The number of aromatic nitrogens is 3. The third kappa shape index (κ3) is 5.71. The van der Waals surface area contributed by atoms with Crippen molar-refractivity contribution < 1.29 is 34.8 Å². The smallest absolute Gasteiger partial charge is 0.355 e. The summed E-state index contributed by atoms with van der Waals surface area (Å²) in [6.07, 6.45) is 4.95. The summed E-state index contributed by atoms with van der Waals surface area (Å²) < 4.78 is 16.5. The molecular formula is C39H35N3O2Pt-2. The second kappa shape index (κ2) is 12.3. The molecule has 6 heteroatoms. The number of ether oxygens (including phenoxy) is 1. The summed E-state index contributed by atoms with van der Waals surface area (Å²) in [5, 5.41) is 2.25. The molecule has 3 aromatic heterocycles. The predicted octanol–water partition coefficient (Wildman–Crippen LogP) is 9.76. The summed E-state index contributed by atoms with van der Waals surface area (Å²) in [5.74, 6) is 3.16. The molecule has 7 aromatic rings. The molecule has 0 saturated carbocycles. The molecular weight excluding hydrogens is 738 g/mol. The molecule has 0 atom stereocenters. The van der Waals surface area contributed by atoms with E-state index in [0.717, 1.165) is 50.0 Å². The van der Waals surface area contributed by atoms with Gasteiger partial charge in [-0.05, 0) is 58.5 Å². The van der Waals surface area contributed by atoms with Crippen molar-refractivity contribution in [2.24, 2.45) is 0 Å². The van der Waals surface area contributed by atoms with Crippen molar-refractivity contribution in [2.45, 2.75) is 59.3 Å². The molecule has 0 fully saturated rings. The maximum absolute atomic E-state index is 6.54. The zero-order valence-electron chi connectivity index (χ0n) is 26.3. The molecule has 0 aliphatic carbocycles. The van der Waals surface area contributed by atoms with Crippen LogP contribution in [0.15, 0.2) is 89.5 Å². The summed E-state index contributed by atoms with van der Waals surface area (Å²) in [5.41, 5.74) is 8.16. The Kier molecular flexibility index (Phi) is 8.41. The van der Waals surface area contributed by atoms with Crippen molar-refractivity contribution in [3.8, 4) is 23.0 Å². The van der Waals surface area contributed by atoms with Gasteiger partial charge in [0.25, 0.3) is 0 Å². The van der Waals surface area contributed by atoms with Crippen LogP contribution in [0.5, 0.6) is 11.5 Å². The zero-order valence-corrected chi connectivity index (χ0v) is 28.6. The number of fused-ring (bicyclic) bond motifs is 4. The van der Waals surface area contributed by atoms with Gasteiger partial charge in [-0.2, -0.15) is 11.6 Å². The van der Waals surface area contributed by atoms with E-state index < -0.39 is 0 Å². The van der Waals surface area contributed by atoms with Crippen LogP contribution in [0.2, 0.25) is 0 Å². The molecule has 3 heterocycles. The van der Waals surface area contributed by atoms with Crippen LogP contribution in [-0.2, 0) is 21.1 Å². The number of hydrogen-bond donors (Lipinski definition) is 0. The average molecular weight is 773 g/mol.